The third kappa shape index (κ3) is 12.7. The average molecular weight is 1270 g/mol. The van der Waals surface area contributed by atoms with Crippen molar-refractivity contribution in [3.05, 3.63) is 11.6 Å². The van der Waals surface area contributed by atoms with Gasteiger partial charge in [-0.25, -0.2) is 0 Å². The van der Waals surface area contributed by atoms with Crippen LogP contribution in [0, 0.1) is 39.4 Å². The maximum absolute atomic E-state index is 12.8. The van der Waals surface area contributed by atoms with Gasteiger partial charge in [0.25, 0.3) is 0 Å². The number of allylic oxidation sites excluding steroid dienone is 1. The molecule has 0 amide bonds. The van der Waals surface area contributed by atoms with Crippen molar-refractivity contribution in [2.75, 3.05) is 33.0 Å². The van der Waals surface area contributed by atoms with Crippen molar-refractivity contribution in [3.8, 4) is 0 Å². The Morgan fingerprint density at radius 3 is 1.49 bits per heavy atom. The second kappa shape index (κ2) is 27.4. The van der Waals surface area contributed by atoms with E-state index in [0.717, 1.165) is 18.4 Å². The van der Waals surface area contributed by atoms with Crippen molar-refractivity contribution in [2.24, 2.45) is 39.4 Å². The third-order valence-electron chi connectivity index (χ3n) is 22.5. The van der Waals surface area contributed by atoms with Crippen LogP contribution in [-0.2, 0) is 47.4 Å². The molecule has 5 aliphatic heterocycles. The van der Waals surface area contributed by atoms with Crippen LogP contribution in [0.3, 0.4) is 0 Å². The molecule has 4 aliphatic carbocycles. The first-order valence-electron chi connectivity index (χ1n) is 31.1. The lowest BCUT2D eigenvalue weighted by Gasteiger charge is -2.67. The quantitative estimate of drug-likeness (QED) is 0.0505. The molecule has 88 heavy (non-hydrogen) atoms. The van der Waals surface area contributed by atoms with Gasteiger partial charge in [-0.3, -0.25) is 0 Å². The van der Waals surface area contributed by atoms with Gasteiger partial charge in [-0.2, -0.15) is 0 Å². The molecule has 19 N–H and O–H groups in total. The Bertz CT molecular complexity index is 2310. The van der Waals surface area contributed by atoms with E-state index in [-0.39, 0.29) is 35.0 Å². The van der Waals surface area contributed by atoms with Gasteiger partial charge in [0.05, 0.1) is 56.9 Å². The third-order valence-corrected chi connectivity index (χ3v) is 22.5. The van der Waals surface area contributed by atoms with Gasteiger partial charge >= 0.3 is 0 Å². The molecule has 510 valence electrons. The van der Waals surface area contributed by atoms with E-state index in [4.69, 9.17) is 47.4 Å². The summed E-state index contributed by atoms with van der Waals surface area (Å²) < 4.78 is 59.8. The van der Waals surface area contributed by atoms with Gasteiger partial charge in [0, 0.05) is 10.8 Å². The van der Waals surface area contributed by atoms with Gasteiger partial charge in [0.1, 0.15) is 122 Å². The molecular formula is C59H100O29. The molecule has 9 rings (SSSR count). The largest absolute Gasteiger partial charge is 0.394 e. The summed E-state index contributed by atoms with van der Waals surface area (Å²) in [6.45, 7) is 10.2. The van der Waals surface area contributed by atoms with Crippen LogP contribution >= 0.6 is 0 Å². The van der Waals surface area contributed by atoms with Crippen LogP contribution in [0.5, 0.6) is 0 Å². The van der Waals surface area contributed by atoms with Crippen molar-refractivity contribution in [3.63, 3.8) is 0 Å². The van der Waals surface area contributed by atoms with Crippen molar-refractivity contribution in [2.45, 2.75) is 284 Å². The summed E-state index contributed by atoms with van der Waals surface area (Å²) in [5, 5.41) is 205. The minimum Gasteiger partial charge on any atom is -0.394 e. The van der Waals surface area contributed by atoms with Crippen LogP contribution in [0.1, 0.15) is 106 Å². The van der Waals surface area contributed by atoms with Gasteiger partial charge in [0.15, 0.2) is 31.5 Å². The van der Waals surface area contributed by atoms with E-state index in [9.17, 15) is 97.0 Å². The molecule has 3 saturated carbocycles. The van der Waals surface area contributed by atoms with Gasteiger partial charge in [0.2, 0.25) is 0 Å². The van der Waals surface area contributed by atoms with E-state index in [2.05, 4.69) is 26.8 Å². The first kappa shape index (κ1) is 70.9. The maximum Gasteiger partial charge on any atom is 0.187 e. The van der Waals surface area contributed by atoms with Crippen molar-refractivity contribution >= 4 is 0 Å². The molecule has 0 spiro atoms. The molecule has 0 aromatic rings. The summed E-state index contributed by atoms with van der Waals surface area (Å²) in [4.78, 5) is 0. The van der Waals surface area contributed by atoms with Crippen molar-refractivity contribution < 1.29 is 144 Å². The van der Waals surface area contributed by atoms with Crippen LogP contribution in [0.25, 0.3) is 0 Å². The summed E-state index contributed by atoms with van der Waals surface area (Å²) in [6, 6.07) is 0. The summed E-state index contributed by atoms with van der Waals surface area (Å²) in [6.07, 6.45) is -37.2. The SMILES string of the molecule is CC(C)(O)[C@@H](CCC[C@H]1CC[C@@]2(C)C3CC=C4[C@@H](CC[C@H](O[C@@H]5O[C@H](CO)[C@@H](O)[C@H](O)[C@H]5O[C@@H]5O[C@H](CO)[C@@H](O)[C@H](O)[C@H]5O)C4(C)C)[C@]3(C)[C@H](O)C[C@]12C)O[C@@H]1O[C@H](CO[C@@H]2O[C@H](CO)[C@@H](O)[C@H](O)[C@H]2O)[C@@H](O)[C@H](O)[C@H]1O[C@@H]1O[C@H](CO)[C@@H](O)[C@H](O)[C@H]1O. The number of rotatable bonds is 20. The van der Waals surface area contributed by atoms with E-state index in [1.54, 1.807) is 0 Å². The monoisotopic (exact) mass is 1270 g/mol. The Labute approximate surface area is 510 Å². The van der Waals surface area contributed by atoms with Gasteiger partial charge in [-0.15, -0.1) is 0 Å². The first-order valence-corrected chi connectivity index (χ1v) is 31.1. The van der Waals surface area contributed by atoms with Crippen molar-refractivity contribution in [1.82, 2.24) is 0 Å². The standard InChI is InChI=1S/C59H100O29/c1-55(2)24-11-13-31-57(5)16-15-23(58(57,6)17-32(64)59(31,7)25(24)12-14-33(55)85-53-48(43(73)38(68)29(21-63)83-53)87-51-46(76)41(71)36(66)27(19-61)81-51)9-8-10-34(56(3,4)78)86-54-49(88-52-47(77)42(72)37(67)28(20-62)82-52)44(74)39(69)30(84-54)22-79-50-45(75)40(70)35(65)26(18-60)80-50/h11,23,25-54,60-78H,8-10,12-22H2,1-7H3/t23-,25+,26+,27+,28+,29+,30+,31?,32+,33-,34+,35+,36+,37+,38+,39+,40-,41-,42-,43-,44-,45+,46+,47+,48+,49+,50+,51-,52-,53-,54-,57-,58+,59-/m0/s1. The Morgan fingerprint density at radius 1 is 0.523 bits per heavy atom. The molecule has 29 heteroatoms. The van der Waals surface area contributed by atoms with Crippen LogP contribution in [-0.4, -0.2) is 308 Å². The van der Waals surface area contributed by atoms with Crippen LogP contribution < -0.4 is 0 Å². The molecule has 0 aromatic heterocycles. The molecule has 0 radical (unpaired) electrons. The fourth-order valence-corrected chi connectivity index (χ4v) is 16.6. The highest BCUT2D eigenvalue weighted by molar-refractivity contribution is 5.32. The number of fused-ring (bicyclic) bond motifs is 5. The smallest absolute Gasteiger partial charge is 0.187 e. The van der Waals surface area contributed by atoms with Gasteiger partial charge in [-0.1, -0.05) is 52.7 Å². The van der Waals surface area contributed by atoms with Gasteiger partial charge in [-0.05, 0) is 93.8 Å². The number of hydrogen-bond donors (Lipinski definition) is 19. The van der Waals surface area contributed by atoms with E-state index < -0.39 is 221 Å². The van der Waals surface area contributed by atoms with E-state index in [1.807, 2.05) is 13.8 Å². The van der Waals surface area contributed by atoms with E-state index in [1.165, 1.54) is 13.8 Å². The molecule has 5 heterocycles. The molecule has 1 unspecified atom stereocenters. The highest BCUT2D eigenvalue weighted by Gasteiger charge is 2.70. The number of aliphatic hydroxyl groups excluding tert-OH is 18. The van der Waals surface area contributed by atoms with Gasteiger partial charge < -0.3 is 144 Å². The lowest BCUT2D eigenvalue weighted by Crippen LogP contribution is -2.66. The fraction of sp³-hybridized carbons (Fsp3) is 0.966. The zero-order chi connectivity index (χ0) is 64.7. The molecule has 0 bridgehead atoms. The average Bonchev–Trinajstić information content (AvgIpc) is 1.28. The molecule has 34 atom stereocenters. The lowest BCUT2D eigenvalue weighted by molar-refractivity contribution is -0.380. The number of ether oxygens (including phenoxy) is 10. The lowest BCUT2D eigenvalue weighted by atomic mass is 9.38. The minimum atomic E-state index is -1.96. The fourth-order valence-electron chi connectivity index (χ4n) is 16.6. The highest BCUT2D eigenvalue weighted by atomic mass is 16.8. The van der Waals surface area contributed by atoms with Crippen LogP contribution in [0.4, 0.5) is 0 Å². The molecule has 5 saturated heterocycles. The Hall–Kier alpha value is -1.42. The highest BCUT2D eigenvalue weighted by Crippen LogP contribution is 2.74. The van der Waals surface area contributed by atoms with Crippen LogP contribution in [0.15, 0.2) is 11.6 Å². The predicted molar refractivity (Wildman–Crippen MR) is 296 cm³/mol. The predicted octanol–water partition coefficient (Wildman–Crippen LogP) is -5.65. The normalized spacial score (nSPS) is 51.9. The second-order valence-electron chi connectivity index (χ2n) is 28.1. The zero-order valence-electron chi connectivity index (χ0n) is 51.0. The van der Waals surface area contributed by atoms with Crippen LogP contribution in [0.2, 0.25) is 0 Å². The minimum absolute atomic E-state index is 0.0247. The maximum atomic E-state index is 12.8. The molecule has 0 aromatic carbocycles. The van der Waals surface area contributed by atoms with Crippen molar-refractivity contribution in [1.29, 1.82) is 0 Å². The van der Waals surface area contributed by atoms with E-state index >= 15 is 0 Å². The van der Waals surface area contributed by atoms with E-state index in [0.29, 0.717) is 38.5 Å². The molecule has 9 aliphatic rings. The molecular weight excluding hydrogens is 1170 g/mol. The summed E-state index contributed by atoms with van der Waals surface area (Å²) in [7, 11) is 0. The first-order chi connectivity index (χ1) is 41.2. The Kier molecular flexibility index (Phi) is 22.0. The second-order valence-corrected chi connectivity index (χ2v) is 28.1. The Morgan fingerprint density at radius 2 is 0.977 bits per heavy atom. The number of hydrogen-bond acceptors (Lipinski definition) is 29. The molecule has 29 nitrogen and oxygen atoms in total. The summed E-state index contributed by atoms with van der Waals surface area (Å²) >= 11 is 0. The zero-order valence-corrected chi connectivity index (χ0v) is 51.0. The molecule has 8 fully saturated rings. The summed E-state index contributed by atoms with van der Waals surface area (Å²) in [5.41, 5.74) is -2.53. The topological polar surface area (TPSA) is 477 Å². The summed E-state index contributed by atoms with van der Waals surface area (Å²) in [5.74, 6) is 0.0161. The Balaban J connectivity index is 0.895. The number of aliphatic hydroxyl groups is 19.